The van der Waals surface area contributed by atoms with Crippen molar-refractivity contribution in [2.45, 2.75) is 239 Å². The molecule has 0 aliphatic carbocycles. The predicted molar refractivity (Wildman–Crippen MR) is 190 cm³/mol. The monoisotopic (exact) mass is 614 g/mol. The number of aliphatic carboxylic acids is 1. The molecule has 0 bridgehead atoms. The number of carbonyl (C=O) groups excluding carboxylic acids is 1. The molecular formula is C40H80LiNO2. The van der Waals surface area contributed by atoms with Gasteiger partial charge in [0.25, 0.3) is 0 Å². The Hall–Kier alpha value is 0.0274. The van der Waals surface area contributed by atoms with Gasteiger partial charge in [-0.25, -0.2) is 0 Å². The molecule has 3 nitrogen and oxygen atoms in total. The van der Waals surface area contributed by atoms with E-state index in [4.69, 9.17) is 0 Å². The summed E-state index contributed by atoms with van der Waals surface area (Å²) in [5.74, 6) is -0.906. The number of carboxylic acid groups (broad SMARTS) is 1. The van der Waals surface area contributed by atoms with Crippen LogP contribution in [0, 0.1) is 0 Å². The molecule has 0 rings (SSSR count). The van der Waals surface area contributed by atoms with Gasteiger partial charge in [0.1, 0.15) is 0 Å². The van der Waals surface area contributed by atoms with Gasteiger partial charge in [-0.15, -0.1) is 0 Å². The van der Waals surface area contributed by atoms with Gasteiger partial charge in [0.15, 0.2) is 0 Å². The maximum Gasteiger partial charge on any atom is 1.00 e. The summed E-state index contributed by atoms with van der Waals surface area (Å²) in [6.45, 7) is 8.76. The van der Waals surface area contributed by atoms with Crippen LogP contribution in [0.4, 0.5) is 0 Å². The average Bonchev–Trinajstić information content (AvgIpc) is 2.99. The zero-order chi connectivity index (χ0) is 31.5. The van der Waals surface area contributed by atoms with E-state index in [9.17, 15) is 9.90 Å². The van der Waals surface area contributed by atoms with Crippen molar-refractivity contribution in [3.8, 4) is 0 Å². The molecule has 0 N–H and O–H groups in total. The smallest absolute Gasteiger partial charge is 0.550 e. The van der Waals surface area contributed by atoms with Crippen LogP contribution in [0.3, 0.4) is 0 Å². The van der Waals surface area contributed by atoms with Crippen LogP contribution in [0.25, 0.3) is 0 Å². The van der Waals surface area contributed by atoms with Gasteiger partial charge < -0.3 is 14.8 Å². The van der Waals surface area contributed by atoms with E-state index in [1.165, 1.54) is 205 Å². The molecule has 0 heterocycles. The summed E-state index contributed by atoms with van der Waals surface area (Å²) in [7, 11) is 0. The van der Waals surface area contributed by atoms with E-state index < -0.39 is 5.97 Å². The molecule has 0 amide bonds. The van der Waals surface area contributed by atoms with E-state index in [0.717, 1.165) is 13.1 Å². The molecule has 0 spiro atoms. The van der Waals surface area contributed by atoms with E-state index in [0.29, 0.717) is 0 Å². The fourth-order valence-corrected chi connectivity index (χ4v) is 6.65. The fraction of sp³-hybridized carbons (Fsp3) is 0.975. The summed E-state index contributed by atoms with van der Waals surface area (Å²) < 4.78 is 0. The Balaban J connectivity index is 0. The van der Waals surface area contributed by atoms with Crippen LogP contribution >= 0.6 is 0 Å². The summed E-state index contributed by atoms with van der Waals surface area (Å²) >= 11 is 0. The third-order valence-electron chi connectivity index (χ3n) is 9.68. The van der Waals surface area contributed by atoms with Crippen molar-refractivity contribution in [3.63, 3.8) is 0 Å². The fourth-order valence-electron chi connectivity index (χ4n) is 6.65. The number of hydrogen-bond acceptors (Lipinski definition) is 3. The minimum atomic E-state index is -0.906. The Morgan fingerprint density at radius 3 is 0.841 bits per heavy atom. The van der Waals surface area contributed by atoms with Crippen molar-refractivity contribution in [2.24, 2.45) is 0 Å². The van der Waals surface area contributed by atoms with Gasteiger partial charge >= 0.3 is 18.9 Å². The van der Waals surface area contributed by atoms with Crippen LogP contribution in [0.1, 0.15) is 233 Å². The van der Waals surface area contributed by atoms with Gasteiger partial charge in [-0.1, -0.05) is 206 Å². The van der Waals surface area contributed by atoms with Crippen LogP contribution in [0.15, 0.2) is 0 Å². The Kier molecular flexibility index (Phi) is 41.1. The molecule has 258 valence electrons. The second-order valence-electron chi connectivity index (χ2n) is 14.1. The van der Waals surface area contributed by atoms with E-state index in [1.807, 2.05) is 0 Å². The Morgan fingerprint density at radius 1 is 0.432 bits per heavy atom. The number of carbonyl (C=O) groups is 1. The van der Waals surface area contributed by atoms with Crippen LogP contribution in [0.2, 0.25) is 0 Å². The first-order valence-corrected chi connectivity index (χ1v) is 20.1. The third kappa shape index (κ3) is 36.5. The second kappa shape index (κ2) is 39.2. The third-order valence-corrected chi connectivity index (χ3v) is 9.68. The van der Waals surface area contributed by atoms with Crippen molar-refractivity contribution in [1.82, 2.24) is 4.90 Å². The van der Waals surface area contributed by atoms with Gasteiger partial charge in [0, 0.05) is 18.4 Å². The zero-order valence-corrected chi connectivity index (χ0v) is 31.1. The summed E-state index contributed by atoms with van der Waals surface area (Å²) in [4.78, 5) is 13.7. The van der Waals surface area contributed by atoms with E-state index in [2.05, 4.69) is 25.7 Å². The van der Waals surface area contributed by atoms with Gasteiger partial charge in [-0.2, -0.15) is 0 Å². The van der Waals surface area contributed by atoms with Gasteiger partial charge in [0.05, 0.1) is 0 Å². The van der Waals surface area contributed by atoms with Gasteiger partial charge in [-0.3, -0.25) is 0 Å². The molecule has 0 aliphatic rings. The van der Waals surface area contributed by atoms with Crippen molar-refractivity contribution in [1.29, 1.82) is 0 Å². The molecule has 0 radical (unpaired) electrons. The Morgan fingerprint density at radius 2 is 0.636 bits per heavy atom. The standard InChI is InChI=1S/C40H81NO2.Li/c1-4-6-8-10-12-14-16-18-20-22-24-26-28-30-32-34-36-41(39(3)38-40(42)43)37-35-33-31-29-27-25-23-21-19-17-15-13-11-9-7-5-2;/h39H,4-38H2,1-3H3,(H,42,43);/q;+1/p-1. The first-order valence-electron chi connectivity index (χ1n) is 20.1. The first-order chi connectivity index (χ1) is 21.1. The molecule has 0 fully saturated rings. The topological polar surface area (TPSA) is 43.4 Å². The van der Waals surface area contributed by atoms with Gasteiger partial charge in [-0.05, 0) is 32.9 Å². The Bertz CT molecular complexity index is 507. The molecule has 4 heteroatoms. The molecule has 0 aliphatic heterocycles. The molecule has 0 aromatic carbocycles. The molecule has 1 atom stereocenters. The zero-order valence-electron chi connectivity index (χ0n) is 31.1. The molecule has 44 heavy (non-hydrogen) atoms. The first kappa shape index (κ1) is 46.1. The minimum absolute atomic E-state index is 0. The van der Waals surface area contributed by atoms with Gasteiger partial charge in [0.2, 0.25) is 0 Å². The largest absolute Gasteiger partial charge is 1.00 e. The second-order valence-corrected chi connectivity index (χ2v) is 14.1. The average molecular weight is 614 g/mol. The van der Waals surface area contributed by atoms with E-state index in [-0.39, 0.29) is 31.3 Å². The summed E-state index contributed by atoms with van der Waals surface area (Å²) in [6, 6.07) is 0.0951. The molecular weight excluding hydrogens is 533 g/mol. The normalized spacial score (nSPS) is 12.1. The SMILES string of the molecule is CCCCCCCCCCCCCCCCCCN(CCCCCCCCCCCCCCCCCC)C(C)CC(=O)[O-].[Li+]. The molecule has 0 saturated carbocycles. The molecule has 0 saturated heterocycles. The number of hydrogen-bond donors (Lipinski definition) is 0. The minimum Gasteiger partial charge on any atom is -0.550 e. The van der Waals surface area contributed by atoms with Crippen LogP contribution in [0.5, 0.6) is 0 Å². The van der Waals surface area contributed by atoms with Crippen molar-refractivity contribution in [2.75, 3.05) is 13.1 Å². The number of rotatable bonds is 37. The van der Waals surface area contributed by atoms with Crippen molar-refractivity contribution >= 4 is 5.97 Å². The molecule has 0 aromatic rings. The van der Waals surface area contributed by atoms with Crippen LogP contribution in [-0.2, 0) is 4.79 Å². The van der Waals surface area contributed by atoms with E-state index in [1.54, 1.807) is 0 Å². The van der Waals surface area contributed by atoms with Crippen LogP contribution < -0.4 is 24.0 Å². The summed E-state index contributed by atoms with van der Waals surface area (Å²) in [6.07, 6.45) is 44.7. The van der Waals surface area contributed by atoms with Crippen molar-refractivity contribution < 1.29 is 28.8 Å². The van der Waals surface area contributed by atoms with E-state index >= 15 is 0 Å². The molecule has 0 aromatic heterocycles. The Labute approximate surface area is 290 Å². The summed E-state index contributed by atoms with van der Waals surface area (Å²) in [5.41, 5.74) is 0. The maximum absolute atomic E-state index is 11.2. The number of nitrogens with zero attached hydrogens (tertiary/aromatic N) is 1. The summed E-state index contributed by atoms with van der Waals surface area (Å²) in [5, 5.41) is 11.2. The maximum atomic E-state index is 11.2. The molecule has 1 unspecified atom stereocenters. The van der Waals surface area contributed by atoms with Crippen molar-refractivity contribution in [3.05, 3.63) is 0 Å². The van der Waals surface area contributed by atoms with Crippen LogP contribution in [-0.4, -0.2) is 30.0 Å². The quantitative estimate of drug-likeness (QED) is 0.0518. The number of unbranched alkanes of at least 4 members (excludes halogenated alkanes) is 30. The number of carboxylic acids is 1. The predicted octanol–water partition coefficient (Wildman–Crippen LogP) is 9.34.